The highest BCUT2D eigenvalue weighted by Gasteiger charge is 2.06. The summed E-state index contributed by atoms with van der Waals surface area (Å²) in [7, 11) is 7.57. The molecule has 0 heterocycles. The first kappa shape index (κ1) is 13.0. The van der Waals surface area contributed by atoms with Gasteiger partial charge in [-0.1, -0.05) is 0 Å². The van der Waals surface area contributed by atoms with Crippen molar-refractivity contribution >= 4 is 17.3 Å². The largest absolute Gasteiger partial charge is 0.349 e. The normalized spacial score (nSPS) is 9.65. The van der Waals surface area contributed by atoms with Gasteiger partial charge in [-0.15, -0.1) is 0 Å². The Labute approximate surface area is 100 Å². The summed E-state index contributed by atoms with van der Waals surface area (Å²) in [6, 6.07) is 6.15. The molecule has 0 spiro atoms. The third-order valence-electron chi connectivity index (χ3n) is 2.09. The van der Waals surface area contributed by atoms with Gasteiger partial charge in [0.15, 0.2) is 0 Å². The second-order valence-corrected chi connectivity index (χ2v) is 3.97. The van der Waals surface area contributed by atoms with Crippen LogP contribution in [0, 0.1) is 10.1 Å². The van der Waals surface area contributed by atoms with E-state index in [-0.39, 0.29) is 5.69 Å². The summed E-state index contributed by atoms with van der Waals surface area (Å²) in [5.41, 5.74) is 0.758. The second kappa shape index (κ2) is 5.29. The van der Waals surface area contributed by atoms with E-state index in [9.17, 15) is 10.1 Å². The summed E-state index contributed by atoms with van der Waals surface area (Å²) >= 11 is 0. The van der Waals surface area contributed by atoms with E-state index >= 15 is 0 Å². The Balaban J connectivity index is 3.00. The second-order valence-electron chi connectivity index (χ2n) is 3.97. The number of nitro groups is 1. The number of hydrogen-bond acceptors (Lipinski definition) is 3. The Morgan fingerprint density at radius 3 is 1.94 bits per heavy atom. The van der Waals surface area contributed by atoms with Crippen molar-refractivity contribution in [1.29, 1.82) is 0 Å². The topological polar surface area (TPSA) is 62.0 Å². The molecule has 0 aliphatic rings. The molecule has 0 unspecified atom stereocenters. The number of nitrogens with zero attached hydrogens (tertiary/aromatic N) is 4. The number of guanidine groups is 1. The molecule has 1 rings (SSSR count). The third-order valence-corrected chi connectivity index (χ3v) is 2.09. The smallest absolute Gasteiger partial charge is 0.269 e. The lowest BCUT2D eigenvalue weighted by molar-refractivity contribution is -0.384. The summed E-state index contributed by atoms with van der Waals surface area (Å²) < 4.78 is 0. The van der Waals surface area contributed by atoms with Crippen molar-refractivity contribution in [2.45, 2.75) is 0 Å². The van der Waals surface area contributed by atoms with Gasteiger partial charge in [0.2, 0.25) is 5.96 Å². The Bertz CT molecular complexity index is 414. The first-order chi connectivity index (χ1) is 7.91. The number of benzene rings is 1. The fourth-order valence-electron chi connectivity index (χ4n) is 1.36. The van der Waals surface area contributed by atoms with Crippen LogP contribution >= 0.6 is 0 Å². The molecule has 6 heteroatoms. The van der Waals surface area contributed by atoms with Crippen molar-refractivity contribution in [1.82, 2.24) is 9.80 Å². The van der Waals surface area contributed by atoms with Crippen LogP contribution in [0.2, 0.25) is 0 Å². The van der Waals surface area contributed by atoms with Crippen molar-refractivity contribution in [2.24, 2.45) is 4.99 Å². The summed E-state index contributed by atoms with van der Waals surface area (Å²) in [5, 5.41) is 10.5. The Hall–Kier alpha value is -2.11. The zero-order valence-corrected chi connectivity index (χ0v) is 10.4. The van der Waals surface area contributed by atoms with E-state index in [0.29, 0.717) is 5.69 Å². The van der Waals surface area contributed by atoms with Crippen LogP contribution < -0.4 is 0 Å². The van der Waals surface area contributed by atoms with E-state index < -0.39 is 4.92 Å². The molecule has 6 nitrogen and oxygen atoms in total. The van der Waals surface area contributed by atoms with Crippen molar-refractivity contribution in [3.05, 3.63) is 34.4 Å². The fraction of sp³-hybridized carbons (Fsp3) is 0.364. The van der Waals surface area contributed by atoms with Crippen LogP contribution in [-0.4, -0.2) is 48.9 Å². The lowest BCUT2D eigenvalue weighted by Crippen LogP contribution is -2.35. The van der Waals surface area contributed by atoms with Gasteiger partial charge in [0.25, 0.3) is 5.69 Å². The molecule has 0 aromatic heterocycles. The van der Waals surface area contributed by atoms with Crippen molar-refractivity contribution in [3.8, 4) is 0 Å². The minimum atomic E-state index is -0.424. The average molecular weight is 236 g/mol. The van der Waals surface area contributed by atoms with Gasteiger partial charge in [0.1, 0.15) is 0 Å². The van der Waals surface area contributed by atoms with E-state index in [2.05, 4.69) is 4.99 Å². The molecular formula is C11H16N4O2. The van der Waals surface area contributed by atoms with Gasteiger partial charge in [-0.25, -0.2) is 4.99 Å². The van der Waals surface area contributed by atoms with E-state index in [1.54, 1.807) is 12.1 Å². The Morgan fingerprint density at radius 2 is 1.59 bits per heavy atom. The van der Waals surface area contributed by atoms with Gasteiger partial charge in [-0.05, 0) is 12.1 Å². The molecule has 0 saturated carbocycles. The Morgan fingerprint density at radius 1 is 1.12 bits per heavy atom. The number of rotatable bonds is 2. The summed E-state index contributed by atoms with van der Waals surface area (Å²) in [6.45, 7) is 0. The zero-order chi connectivity index (χ0) is 13.0. The minimum absolute atomic E-state index is 0.0696. The molecule has 0 radical (unpaired) electrons. The molecule has 0 saturated heterocycles. The molecule has 1 aromatic carbocycles. The van der Waals surface area contributed by atoms with E-state index in [1.807, 2.05) is 38.0 Å². The number of aliphatic imine (C=N–C) groups is 1. The first-order valence-corrected chi connectivity index (χ1v) is 5.09. The van der Waals surface area contributed by atoms with Crippen LogP contribution in [0.5, 0.6) is 0 Å². The molecule has 92 valence electrons. The molecular weight excluding hydrogens is 220 g/mol. The van der Waals surface area contributed by atoms with Crippen molar-refractivity contribution in [2.75, 3.05) is 28.2 Å². The van der Waals surface area contributed by atoms with Crippen LogP contribution in [-0.2, 0) is 0 Å². The van der Waals surface area contributed by atoms with E-state index in [1.165, 1.54) is 12.1 Å². The SMILES string of the molecule is CN(C)C(=Nc1ccc([N+](=O)[O-])cc1)N(C)C. The average Bonchev–Trinajstić information content (AvgIpc) is 2.25. The maximum atomic E-state index is 10.5. The number of hydrogen-bond donors (Lipinski definition) is 0. The van der Waals surface area contributed by atoms with Crippen LogP contribution in [0.25, 0.3) is 0 Å². The molecule has 0 aliphatic heterocycles. The maximum Gasteiger partial charge on any atom is 0.269 e. The molecule has 0 bridgehead atoms. The van der Waals surface area contributed by atoms with Crippen LogP contribution in [0.4, 0.5) is 11.4 Å². The molecule has 0 atom stereocenters. The molecule has 0 amide bonds. The summed E-state index contributed by atoms with van der Waals surface area (Å²) in [5.74, 6) is 0.777. The number of non-ortho nitro benzene ring substituents is 1. The van der Waals surface area contributed by atoms with Gasteiger partial charge >= 0.3 is 0 Å². The fourth-order valence-corrected chi connectivity index (χ4v) is 1.36. The monoisotopic (exact) mass is 236 g/mol. The van der Waals surface area contributed by atoms with Gasteiger partial charge in [-0.3, -0.25) is 10.1 Å². The predicted molar refractivity (Wildman–Crippen MR) is 67.6 cm³/mol. The van der Waals surface area contributed by atoms with Gasteiger partial charge < -0.3 is 9.80 Å². The highest BCUT2D eigenvalue weighted by molar-refractivity contribution is 5.82. The molecule has 0 fully saturated rings. The number of nitro benzene ring substituents is 1. The first-order valence-electron chi connectivity index (χ1n) is 5.09. The highest BCUT2D eigenvalue weighted by atomic mass is 16.6. The van der Waals surface area contributed by atoms with Crippen molar-refractivity contribution in [3.63, 3.8) is 0 Å². The zero-order valence-electron chi connectivity index (χ0n) is 10.4. The summed E-state index contributed by atoms with van der Waals surface area (Å²) in [6.07, 6.45) is 0. The van der Waals surface area contributed by atoms with Gasteiger partial charge in [0, 0.05) is 40.3 Å². The van der Waals surface area contributed by atoms with Gasteiger partial charge in [0.05, 0.1) is 10.6 Å². The quantitative estimate of drug-likeness (QED) is 0.339. The van der Waals surface area contributed by atoms with Crippen molar-refractivity contribution < 1.29 is 4.92 Å². The third kappa shape index (κ3) is 3.44. The molecule has 0 N–H and O–H groups in total. The molecule has 0 aliphatic carbocycles. The lowest BCUT2D eigenvalue weighted by Gasteiger charge is -2.22. The predicted octanol–water partition coefficient (Wildman–Crippen LogP) is 1.71. The maximum absolute atomic E-state index is 10.5. The standard InChI is InChI=1S/C11H16N4O2/c1-13(2)11(14(3)4)12-9-5-7-10(8-6-9)15(16)17/h5-8H,1-4H3. The van der Waals surface area contributed by atoms with E-state index in [0.717, 1.165) is 5.96 Å². The minimum Gasteiger partial charge on any atom is -0.349 e. The van der Waals surface area contributed by atoms with Crippen LogP contribution in [0.3, 0.4) is 0 Å². The Kier molecular flexibility index (Phi) is 4.03. The highest BCUT2D eigenvalue weighted by Crippen LogP contribution is 2.18. The van der Waals surface area contributed by atoms with E-state index in [4.69, 9.17) is 0 Å². The molecule has 17 heavy (non-hydrogen) atoms. The van der Waals surface area contributed by atoms with Crippen LogP contribution in [0.15, 0.2) is 29.3 Å². The van der Waals surface area contributed by atoms with Crippen LogP contribution in [0.1, 0.15) is 0 Å². The lowest BCUT2D eigenvalue weighted by atomic mass is 10.3. The summed E-state index contributed by atoms with van der Waals surface area (Å²) in [4.78, 5) is 18.2. The molecule has 1 aromatic rings. The van der Waals surface area contributed by atoms with Gasteiger partial charge in [-0.2, -0.15) is 0 Å².